The minimum atomic E-state index is 0.635. The fraction of sp³-hybridized carbons (Fsp3) is 0. The lowest BCUT2D eigenvalue weighted by molar-refractivity contribution is 1.48. The Kier molecular flexibility index (Phi) is 5.67. The normalized spacial score (nSPS) is 12.0. The Bertz CT molecular complexity index is 3450. The quantitative estimate of drug-likeness (QED) is 0.132. The van der Waals surface area contributed by atoms with Gasteiger partial charge in [0.1, 0.15) is 0 Å². The summed E-state index contributed by atoms with van der Waals surface area (Å²) in [7, 11) is 0. The van der Waals surface area contributed by atoms with Crippen LogP contribution in [0.15, 0.2) is 158 Å². The van der Waals surface area contributed by atoms with E-state index in [0.717, 1.165) is 49.2 Å². The van der Waals surface area contributed by atoms with Crippen LogP contribution in [0.5, 0.6) is 0 Å². The van der Waals surface area contributed by atoms with Crippen LogP contribution >= 0.6 is 0 Å². The van der Waals surface area contributed by atoms with Crippen molar-refractivity contribution in [2.75, 3.05) is 0 Å². The van der Waals surface area contributed by atoms with Crippen LogP contribution in [0.1, 0.15) is 5.56 Å². The first kappa shape index (κ1) is 29.1. The molecule has 10 aromatic rings. The molecule has 2 aliphatic carbocycles. The third-order valence-electron chi connectivity index (χ3n) is 12.0. The summed E-state index contributed by atoms with van der Waals surface area (Å²) in [5, 5.41) is 22.3. The van der Waals surface area contributed by atoms with Crippen molar-refractivity contribution < 1.29 is 0 Å². The van der Waals surface area contributed by atoms with E-state index in [0.29, 0.717) is 11.3 Å². The minimum Gasteiger partial charge on any atom is -0.238 e. The van der Waals surface area contributed by atoms with Gasteiger partial charge in [-0.05, 0) is 145 Å². The summed E-state index contributed by atoms with van der Waals surface area (Å²) < 4.78 is 0. The average Bonchev–Trinajstić information content (AvgIpc) is 3.72. The topological polar surface area (TPSA) is 28.1 Å². The van der Waals surface area contributed by atoms with Crippen molar-refractivity contribution in [3.8, 4) is 72.8 Å². The summed E-state index contributed by atoms with van der Waals surface area (Å²) in [6.07, 6.45) is 0. The Labute approximate surface area is 311 Å². The SMILES string of the molecule is [C-]#[N+]c1ccccc1-c1cc2c3cc4c(c(-c5ccccc5C#N)c3ccc2c2cc3c(cc12)-c1cccc2cccc-3c12)-c1cccc2cccc-4c12. The average molecular weight is 679 g/mol. The highest BCUT2D eigenvalue weighted by atomic mass is 14.6. The van der Waals surface area contributed by atoms with Crippen molar-refractivity contribution in [1.29, 1.82) is 5.26 Å². The van der Waals surface area contributed by atoms with Gasteiger partial charge in [-0.2, -0.15) is 5.26 Å². The van der Waals surface area contributed by atoms with Crippen LogP contribution in [0.25, 0.3) is 125 Å². The Morgan fingerprint density at radius 3 is 1.57 bits per heavy atom. The highest BCUT2D eigenvalue weighted by Crippen LogP contribution is 2.56. The van der Waals surface area contributed by atoms with Gasteiger partial charge in [0.25, 0.3) is 0 Å². The van der Waals surface area contributed by atoms with Gasteiger partial charge in [0, 0.05) is 5.56 Å². The van der Waals surface area contributed by atoms with Gasteiger partial charge >= 0.3 is 0 Å². The van der Waals surface area contributed by atoms with Gasteiger partial charge in [-0.3, -0.25) is 0 Å². The van der Waals surface area contributed by atoms with Crippen LogP contribution < -0.4 is 0 Å². The minimum absolute atomic E-state index is 0.635. The van der Waals surface area contributed by atoms with Crippen molar-refractivity contribution in [2.24, 2.45) is 0 Å². The van der Waals surface area contributed by atoms with Crippen molar-refractivity contribution in [3.63, 3.8) is 0 Å². The zero-order valence-electron chi connectivity index (χ0n) is 28.9. The molecule has 0 amide bonds. The maximum absolute atomic E-state index is 10.5. The first-order valence-electron chi connectivity index (χ1n) is 18.3. The van der Waals surface area contributed by atoms with E-state index in [1.807, 2.05) is 36.4 Å². The van der Waals surface area contributed by atoms with Crippen molar-refractivity contribution in [3.05, 3.63) is 175 Å². The second-order valence-electron chi connectivity index (χ2n) is 14.5. The summed E-state index contributed by atoms with van der Waals surface area (Å²) in [5.74, 6) is 0. The van der Waals surface area contributed by atoms with E-state index in [4.69, 9.17) is 6.57 Å². The lowest BCUT2D eigenvalue weighted by atomic mass is 9.83. The highest BCUT2D eigenvalue weighted by Gasteiger charge is 2.29. The Morgan fingerprint density at radius 1 is 0.370 bits per heavy atom. The molecule has 0 spiro atoms. The van der Waals surface area contributed by atoms with Gasteiger partial charge in [-0.25, -0.2) is 4.85 Å². The van der Waals surface area contributed by atoms with Gasteiger partial charge in [0.05, 0.1) is 18.2 Å². The number of benzene rings is 10. The molecule has 244 valence electrons. The van der Waals surface area contributed by atoms with Crippen LogP contribution in [-0.4, -0.2) is 0 Å². The lowest BCUT2D eigenvalue weighted by Crippen LogP contribution is -1.93. The van der Waals surface area contributed by atoms with Crippen molar-refractivity contribution in [2.45, 2.75) is 0 Å². The van der Waals surface area contributed by atoms with Gasteiger partial charge in [0.2, 0.25) is 0 Å². The smallest absolute Gasteiger partial charge is 0.194 e. The zero-order valence-corrected chi connectivity index (χ0v) is 28.9. The van der Waals surface area contributed by atoms with E-state index in [2.05, 4.69) is 132 Å². The summed E-state index contributed by atoms with van der Waals surface area (Å²) in [5.41, 5.74) is 15.1. The predicted octanol–water partition coefficient (Wildman–Crippen LogP) is 14.5. The third-order valence-corrected chi connectivity index (χ3v) is 12.0. The van der Waals surface area contributed by atoms with Crippen LogP contribution in [0.2, 0.25) is 0 Å². The number of nitriles is 1. The standard InChI is InChI=1S/C52H26N2/c1-54-48-21-5-4-16-34(48)42-24-40-33(41-25-43-35-17-6-11-29-12-7-18-36(49(29)35)44(43)26-46(41)42)22-23-38-45(40)27-47-37-19-8-13-30-14-9-20-39(50(30)37)52(47)51(38)32-15-3-2-10-31(32)28-53/h2-27H. The van der Waals surface area contributed by atoms with E-state index in [1.165, 1.54) is 71.4 Å². The number of rotatable bonds is 2. The Morgan fingerprint density at radius 2 is 0.870 bits per heavy atom. The maximum Gasteiger partial charge on any atom is 0.194 e. The fourth-order valence-corrected chi connectivity index (χ4v) is 9.76. The predicted molar refractivity (Wildman–Crippen MR) is 225 cm³/mol. The highest BCUT2D eigenvalue weighted by molar-refractivity contribution is 6.30. The molecular weight excluding hydrogens is 653 g/mol. The molecule has 0 saturated carbocycles. The van der Waals surface area contributed by atoms with Gasteiger partial charge < -0.3 is 0 Å². The van der Waals surface area contributed by atoms with E-state index < -0.39 is 0 Å². The molecule has 0 aromatic heterocycles. The Balaban J connectivity index is 1.28. The molecule has 10 aromatic carbocycles. The van der Waals surface area contributed by atoms with Crippen molar-refractivity contribution >= 4 is 59.5 Å². The number of hydrogen-bond acceptors (Lipinski definition) is 1. The van der Waals surface area contributed by atoms with Gasteiger partial charge in [-0.15, -0.1) is 0 Å². The molecule has 54 heavy (non-hydrogen) atoms. The molecule has 0 radical (unpaired) electrons. The largest absolute Gasteiger partial charge is 0.238 e. The molecule has 0 atom stereocenters. The molecule has 2 heteroatoms. The molecule has 0 saturated heterocycles. The van der Waals surface area contributed by atoms with E-state index in [9.17, 15) is 5.26 Å². The summed E-state index contributed by atoms with van der Waals surface area (Å²) in [4.78, 5) is 4.02. The number of nitrogens with zero attached hydrogens (tertiary/aromatic N) is 2. The molecule has 12 rings (SSSR count). The molecule has 0 aliphatic heterocycles. The molecule has 0 unspecified atom stereocenters. The number of fused-ring (bicyclic) bond motifs is 11. The first-order chi connectivity index (χ1) is 26.7. The molecular formula is C52H26N2. The fourth-order valence-electron chi connectivity index (χ4n) is 9.76. The second-order valence-corrected chi connectivity index (χ2v) is 14.5. The van der Waals surface area contributed by atoms with Crippen LogP contribution in [0.3, 0.4) is 0 Å². The monoisotopic (exact) mass is 678 g/mol. The molecule has 0 bridgehead atoms. The van der Waals surface area contributed by atoms with E-state index in [1.54, 1.807) is 0 Å². The van der Waals surface area contributed by atoms with Crippen LogP contribution in [0.4, 0.5) is 5.69 Å². The molecule has 2 aliphatic rings. The molecule has 0 heterocycles. The number of hydrogen-bond donors (Lipinski definition) is 0. The maximum atomic E-state index is 10.5. The van der Waals surface area contributed by atoms with Gasteiger partial charge in [0.15, 0.2) is 5.69 Å². The molecule has 2 nitrogen and oxygen atoms in total. The van der Waals surface area contributed by atoms with E-state index >= 15 is 0 Å². The third kappa shape index (κ3) is 3.66. The first-order valence-corrected chi connectivity index (χ1v) is 18.3. The van der Waals surface area contributed by atoms with Crippen molar-refractivity contribution in [1.82, 2.24) is 0 Å². The van der Waals surface area contributed by atoms with E-state index in [-0.39, 0.29) is 0 Å². The molecule has 0 N–H and O–H groups in total. The zero-order chi connectivity index (χ0) is 35.7. The van der Waals surface area contributed by atoms with Gasteiger partial charge in [-0.1, -0.05) is 127 Å². The summed E-state index contributed by atoms with van der Waals surface area (Å²) >= 11 is 0. The number of para-hydroxylation sites is 1. The summed E-state index contributed by atoms with van der Waals surface area (Å²) in [6, 6.07) is 58.9. The Hall–Kier alpha value is -7.52. The second kappa shape index (κ2) is 10.5. The molecule has 0 fully saturated rings. The van der Waals surface area contributed by atoms with Crippen LogP contribution in [0, 0.1) is 17.9 Å². The summed E-state index contributed by atoms with van der Waals surface area (Å²) in [6.45, 7) is 8.19. The van der Waals surface area contributed by atoms with Crippen LogP contribution in [-0.2, 0) is 0 Å². The lowest BCUT2D eigenvalue weighted by Gasteiger charge is -2.20.